The first-order chi connectivity index (χ1) is 11.0. The van der Waals surface area contributed by atoms with Crippen LogP contribution in [0.3, 0.4) is 0 Å². The maximum atomic E-state index is 13.2. The van der Waals surface area contributed by atoms with Gasteiger partial charge in [-0.15, -0.1) is 0 Å². The molecule has 1 fully saturated rings. The number of nitrogens with zero attached hydrogens (tertiary/aromatic N) is 3. The minimum absolute atomic E-state index is 0.215. The normalized spacial score (nSPS) is 19.9. The van der Waals surface area contributed by atoms with E-state index in [-0.39, 0.29) is 5.56 Å². The summed E-state index contributed by atoms with van der Waals surface area (Å²) in [5.41, 5.74) is -0.395. The zero-order valence-electron chi connectivity index (χ0n) is 12.5. The Bertz CT molecular complexity index is 628. The van der Waals surface area contributed by atoms with Crippen LogP contribution in [0.15, 0.2) is 43.0 Å². The fraction of sp³-hybridized carbons (Fsp3) is 0.438. The van der Waals surface area contributed by atoms with Crippen molar-refractivity contribution in [3.63, 3.8) is 0 Å². The first-order valence-electron chi connectivity index (χ1n) is 7.50. The number of hydrogen-bond acceptors (Lipinski definition) is 3. The van der Waals surface area contributed by atoms with Crippen LogP contribution in [0, 0.1) is 0 Å². The van der Waals surface area contributed by atoms with E-state index < -0.39 is 17.8 Å². The quantitative estimate of drug-likeness (QED) is 0.866. The van der Waals surface area contributed by atoms with Crippen LogP contribution in [-0.2, 0) is 17.5 Å². The Kier molecular flexibility index (Phi) is 4.68. The van der Waals surface area contributed by atoms with Crippen molar-refractivity contribution in [3.8, 4) is 0 Å². The predicted octanol–water partition coefficient (Wildman–Crippen LogP) is 2.98. The smallest absolute Gasteiger partial charge is 0.371 e. The molecule has 0 bridgehead atoms. The van der Waals surface area contributed by atoms with Gasteiger partial charge in [-0.25, -0.2) is 4.98 Å². The molecule has 0 N–H and O–H groups in total. The third kappa shape index (κ3) is 3.92. The van der Waals surface area contributed by atoms with Crippen LogP contribution < -0.4 is 0 Å². The molecule has 0 spiro atoms. The first-order valence-corrected chi connectivity index (χ1v) is 7.50. The molecule has 0 amide bonds. The van der Waals surface area contributed by atoms with Crippen molar-refractivity contribution in [3.05, 3.63) is 54.1 Å². The lowest BCUT2D eigenvalue weighted by Gasteiger charge is -2.34. The molecule has 1 aromatic heterocycles. The maximum absolute atomic E-state index is 13.2. The molecule has 0 radical (unpaired) electrons. The van der Waals surface area contributed by atoms with Crippen LogP contribution in [-0.4, -0.2) is 40.7 Å². The molecular formula is C16H18F3N3O. The molecule has 1 saturated heterocycles. The van der Waals surface area contributed by atoms with Crippen LogP contribution in [0.2, 0.25) is 0 Å². The lowest BCUT2D eigenvalue weighted by atomic mass is 10.0. The van der Waals surface area contributed by atoms with E-state index in [0.29, 0.717) is 13.2 Å². The van der Waals surface area contributed by atoms with Crippen molar-refractivity contribution >= 4 is 0 Å². The van der Waals surface area contributed by atoms with Crippen molar-refractivity contribution < 1.29 is 17.9 Å². The van der Waals surface area contributed by atoms with Crippen LogP contribution >= 0.6 is 0 Å². The molecular weight excluding hydrogens is 307 g/mol. The SMILES string of the molecule is FC(F)(F)c1ccccc1[C@H]1CN(CCn2ccnc2)CCO1. The lowest BCUT2D eigenvalue weighted by molar-refractivity contribution is -0.140. The van der Waals surface area contributed by atoms with Gasteiger partial charge < -0.3 is 9.30 Å². The van der Waals surface area contributed by atoms with Crippen molar-refractivity contribution in [2.45, 2.75) is 18.8 Å². The largest absolute Gasteiger partial charge is 0.416 e. The van der Waals surface area contributed by atoms with E-state index in [2.05, 4.69) is 9.88 Å². The van der Waals surface area contributed by atoms with Crippen molar-refractivity contribution in [2.75, 3.05) is 26.2 Å². The second-order valence-electron chi connectivity index (χ2n) is 5.55. The number of alkyl halides is 3. The van der Waals surface area contributed by atoms with Gasteiger partial charge in [-0.1, -0.05) is 18.2 Å². The summed E-state index contributed by atoms with van der Waals surface area (Å²) >= 11 is 0. The Balaban J connectivity index is 1.69. The molecule has 2 aromatic rings. The highest BCUT2D eigenvalue weighted by Gasteiger charge is 2.36. The fourth-order valence-corrected chi connectivity index (χ4v) is 2.81. The highest BCUT2D eigenvalue weighted by molar-refractivity contribution is 5.32. The number of morpholine rings is 1. The van der Waals surface area contributed by atoms with Gasteiger partial charge in [-0.3, -0.25) is 4.90 Å². The second-order valence-corrected chi connectivity index (χ2v) is 5.55. The summed E-state index contributed by atoms with van der Waals surface area (Å²) < 4.78 is 47.0. The Morgan fingerprint density at radius 3 is 2.78 bits per heavy atom. The summed E-state index contributed by atoms with van der Waals surface area (Å²) in [4.78, 5) is 6.11. The molecule has 1 aromatic carbocycles. The molecule has 1 aliphatic rings. The summed E-state index contributed by atoms with van der Waals surface area (Å²) in [7, 11) is 0. The van der Waals surface area contributed by atoms with Crippen LogP contribution in [0.4, 0.5) is 13.2 Å². The summed E-state index contributed by atoms with van der Waals surface area (Å²) in [5.74, 6) is 0. The zero-order valence-corrected chi connectivity index (χ0v) is 12.5. The summed E-state index contributed by atoms with van der Waals surface area (Å²) in [5, 5.41) is 0. The second kappa shape index (κ2) is 6.72. The Morgan fingerprint density at radius 2 is 2.04 bits per heavy atom. The summed E-state index contributed by atoms with van der Waals surface area (Å²) in [6.07, 6.45) is 0.401. The summed E-state index contributed by atoms with van der Waals surface area (Å²) in [6.45, 7) is 3.13. The molecule has 124 valence electrons. The summed E-state index contributed by atoms with van der Waals surface area (Å²) in [6, 6.07) is 5.65. The van der Waals surface area contributed by atoms with E-state index in [4.69, 9.17) is 4.74 Å². The first kappa shape index (κ1) is 16.0. The van der Waals surface area contributed by atoms with Crippen molar-refractivity contribution in [1.29, 1.82) is 0 Å². The van der Waals surface area contributed by atoms with Gasteiger partial charge in [0.2, 0.25) is 0 Å². The van der Waals surface area contributed by atoms with E-state index in [1.807, 2.05) is 10.8 Å². The van der Waals surface area contributed by atoms with Gasteiger partial charge in [0.25, 0.3) is 0 Å². The van der Waals surface area contributed by atoms with Gasteiger partial charge in [0.05, 0.1) is 24.6 Å². The number of aromatic nitrogens is 2. The minimum atomic E-state index is -4.36. The molecule has 1 atom stereocenters. The van der Waals surface area contributed by atoms with Crippen molar-refractivity contribution in [2.24, 2.45) is 0 Å². The van der Waals surface area contributed by atoms with E-state index in [9.17, 15) is 13.2 Å². The highest BCUT2D eigenvalue weighted by atomic mass is 19.4. The number of halogens is 3. The van der Waals surface area contributed by atoms with Crippen LogP contribution in [0.25, 0.3) is 0 Å². The van der Waals surface area contributed by atoms with Gasteiger partial charge in [-0.05, 0) is 11.6 Å². The van der Waals surface area contributed by atoms with Gasteiger partial charge in [0, 0.05) is 38.6 Å². The molecule has 3 rings (SSSR count). The number of ether oxygens (including phenoxy) is 1. The number of benzene rings is 1. The molecule has 0 saturated carbocycles. The maximum Gasteiger partial charge on any atom is 0.416 e. The van der Waals surface area contributed by atoms with Crippen molar-refractivity contribution in [1.82, 2.24) is 14.5 Å². The Hall–Kier alpha value is -1.86. The minimum Gasteiger partial charge on any atom is -0.371 e. The van der Waals surface area contributed by atoms with Gasteiger partial charge >= 0.3 is 6.18 Å². The molecule has 1 aliphatic heterocycles. The van der Waals surface area contributed by atoms with E-state index in [1.165, 1.54) is 12.1 Å². The van der Waals surface area contributed by atoms with Crippen LogP contribution in [0.5, 0.6) is 0 Å². The van der Waals surface area contributed by atoms with E-state index in [0.717, 1.165) is 25.7 Å². The zero-order chi connectivity index (χ0) is 16.3. The number of hydrogen-bond donors (Lipinski definition) is 0. The number of imidazole rings is 1. The third-order valence-electron chi connectivity index (χ3n) is 4.00. The Morgan fingerprint density at radius 1 is 1.22 bits per heavy atom. The molecule has 7 heteroatoms. The van der Waals surface area contributed by atoms with Gasteiger partial charge in [0.15, 0.2) is 0 Å². The number of rotatable bonds is 4. The third-order valence-corrected chi connectivity index (χ3v) is 4.00. The molecule has 23 heavy (non-hydrogen) atoms. The predicted molar refractivity (Wildman–Crippen MR) is 78.8 cm³/mol. The van der Waals surface area contributed by atoms with E-state index >= 15 is 0 Å². The van der Waals surface area contributed by atoms with Gasteiger partial charge in [-0.2, -0.15) is 13.2 Å². The molecule has 2 heterocycles. The lowest BCUT2D eigenvalue weighted by Crippen LogP contribution is -2.40. The highest BCUT2D eigenvalue weighted by Crippen LogP contribution is 2.36. The average molecular weight is 325 g/mol. The molecule has 0 aliphatic carbocycles. The topological polar surface area (TPSA) is 30.3 Å². The standard InChI is InChI=1S/C16H18F3N3O/c17-16(18,19)14-4-2-1-3-13(14)15-11-21(9-10-23-15)7-8-22-6-5-20-12-22/h1-6,12,15H,7-11H2/t15-/m1/s1. The van der Waals surface area contributed by atoms with Gasteiger partial charge in [0.1, 0.15) is 0 Å². The fourth-order valence-electron chi connectivity index (χ4n) is 2.81. The monoisotopic (exact) mass is 325 g/mol. The van der Waals surface area contributed by atoms with Crippen LogP contribution in [0.1, 0.15) is 17.2 Å². The Labute approximate surface area is 132 Å². The molecule has 4 nitrogen and oxygen atoms in total. The molecule has 0 unspecified atom stereocenters. The van der Waals surface area contributed by atoms with E-state index in [1.54, 1.807) is 18.6 Å². The average Bonchev–Trinajstić information content (AvgIpc) is 3.06.